The molecule has 1 aromatic rings. The number of nitro groups is 1. The lowest BCUT2D eigenvalue weighted by atomic mass is 10.2. The Hall–Kier alpha value is -1.47. The highest BCUT2D eigenvalue weighted by atomic mass is 32.1. The maximum Gasteiger partial charge on any atom is 0.324 e. The van der Waals surface area contributed by atoms with Gasteiger partial charge in [0.15, 0.2) is 0 Å². The summed E-state index contributed by atoms with van der Waals surface area (Å²) in [6.45, 7) is 2.18. The molecule has 0 aliphatic carbocycles. The highest BCUT2D eigenvalue weighted by Crippen LogP contribution is 2.22. The first-order valence-corrected chi connectivity index (χ1v) is 5.59. The fourth-order valence-electron chi connectivity index (χ4n) is 1.13. The van der Waals surface area contributed by atoms with E-state index in [1.165, 1.54) is 6.07 Å². The molecule has 0 fully saturated rings. The lowest BCUT2D eigenvalue weighted by Gasteiger charge is -2.10. The molecule has 0 saturated heterocycles. The molecule has 1 unspecified atom stereocenters. The van der Waals surface area contributed by atoms with Crippen LogP contribution in [0.5, 0.6) is 0 Å². The summed E-state index contributed by atoms with van der Waals surface area (Å²) in [5.41, 5.74) is 0.812. The zero-order chi connectivity index (χ0) is 12.1. The number of nitrogens with one attached hydrogen (secondary N) is 2. The molecule has 88 valence electrons. The number of amides is 1. The van der Waals surface area contributed by atoms with Crippen molar-refractivity contribution in [3.63, 3.8) is 0 Å². The molecule has 1 rings (SSSR count). The Kier molecular flexibility index (Phi) is 4.39. The Morgan fingerprint density at radius 1 is 1.69 bits per heavy atom. The molecule has 1 heterocycles. The van der Waals surface area contributed by atoms with E-state index >= 15 is 0 Å². The van der Waals surface area contributed by atoms with Crippen molar-refractivity contribution in [2.24, 2.45) is 0 Å². The summed E-state index contributed by atoms with van der Waals surface area (Å²) >= 11 is 1.08. The van der Waals surface area contributed by atoms with Crippen molar-refractivity contribution in [1.29, 1.82) is 0 Å². The second-order valence-electron chi connectivity index (χ2n) is 3.27. The van der Waals surface area contributed by atoms with E-state index in [4.69, 9.17) is 0 Å². The lowest BCUT2D eigenvalue weighted by molar-refractivity contribution is -0.380. The van der Waals surface area contributed by atoms with Gasteiger partial charge in [-0.3, -0.25) is 14.9 Å². The van der Waals surface area contributed by atoms with Crippen LogP contribution < -0.4 is 10.6 Å². The minimum absolute atomic E-state index is 0.107. The Bertz CT molecular complexity index is 391. The average Bonchev–Trinajstić information content (AvgIpc) is 2.73. The lowest BCUT2D eigenvalue weighted by Crippen LogP contribution is -2.40. The van der Waals surface area contributed by atoms with Crippen LogP contribution in [0.2, 0.25) is 0 Å². The van der Waals surface area contributed by atoms with Crippen LogP contribution >= 0.6 is 11.3 Å². The van der Waals surface area contributed by atoms with Crippen molar-refractivity contribution in [2.75, 3.05) is 7.05 Å². The van der Waals surface area contributed by atoms with Crippen LogP contribution in [0.15, 0.2) is 11.4 Å². The maximum absolute atomic E-state index is 11.2. The Labute approximate surface area is 96.8 Å². The first kappa shape index (κ1) is 12.6. The number of carbonyl (C=O) groups excluding carboxylic acids is 1. The SMILES string of the molecule is CNC(=O)C(C)NCc1csc([N+](=O)[O-])c1. The number of carbonyl (C=O) groups is 1. The molecule has 0 aromatic carbocycles. The molecule has 7 heteroatoms. The Balaban J connectivity index is 2.48. The topological polar surface area (TPSA) is 84.3 Å². The van der Waals surface area contributed by atoms with Crippen LogP contribution in [0, 0.1) is 10.1 Å². The van der Waals surface area contributed by atoms with E-state index in [1.54, 1.807) is 19.4 Å². The summed E-state index contributed by atoms with van der Waals surface area (Å²) in [7, 11) is 1.57. The minimum Gasteiger partial charge on any atom is -0.358 e. The first-order chi connectivity index (χ1) is 7.54. The third kappa shape index (κ3) is 3.28. The molecular weight excluding hydrogens is 230 g/mol. The molecule has 0 aliphatic rings. The molecule has 0 radical (unpaired) electrons. The van der Waals surface area contributed by atoms with Gasteiger partial charge in [0.1, 0.15) is 0 Å². The van der Waals surface area contributed by atoms with E-state index in [0.717, 1.165) is 16.9 Å². The van der Waals surface area contributed by atoms with Gasteiger partial charge in [0, 0.05) is 25.0 Å². The number of rotatable bonds is 5. The third-order valence-corrected chi connectivity index (χ3v) is 3.00. The predicted octanol–water partition coefficient (Wildman–Crippen LogP) is 0.880. The smallest absolute Gasteiger partial charge is 0.324 e. The summed E-state index contributed by atoms with van der Waals surface area (Å²) in [5, 5.41) is 17.8. The van der Waals surface area contributed by atoms with Gasteiger partial charge in [-0.15, -0.1) is 0 Å². The Morgan fingerprint density at radius 3 is 2.88 bits per heavy atom. The highest BCUT2D eigenvalue weighted by Gasteiger charge is 2.12. The van der Waals surface area contributed by atoms with Gasteiger partial charge in [-0.25, -0.2) is 0 Å². The maximum atomic E-state index is 11.2. The molecule has 1 aromatic heterocycles. The van der Waals surface area contributed by atoms with Crippen molar-refractivity contribution < 1.29 is 9.72 Å². The highest BCUT2D eigenvalue weighted by molar-refractivity contribution is 7.13. The van der Waals surface area contributed by atoms with Crippen molar-refractivity contribution in [1.82, 2.24) is 10.6 Å². The van der Waals surface area contributed by atoms with Gasteiger partial charge in [0.25, 0.3) is 0 Å². The van der Waals surface area contributed by atoms with Crippen LogP contribution in [0.1, 0.15) is 12.5 Å². The van der Waals surface area contributed by atoms with Crippen molar-refractivity contribution >= 4 is 22.2 Å². The number of thiophene rings is 1. The minimum atomic E-state index is -0.420. The molecular formula is C9H13N3O3S. The van der Waals surface area contributed by atoms with Crippen LogP contribution in [0.3, 0.4) is 0 Å². The molecule has 16 heavy (non-hydrogen) atoms. The largest absolute Gasteiger partial charge is 0.358 e. The van der Waals surface area contributed by atoms with Gasteiger partial charge in [-0.2, -0.15) is 0 Å². The van der Waals surface area contributed by atoms with Gasteiger partial charge < -0.3 is 10.6 Å². The third-order valence-electron chi connectivity index (χ3n) is 2.07. The normalized spacial score (nSPS) is 12.1. The van der Waals surface area contributed by atoms with E-state index in [-0.39, 0.29) is 17.0 Å². The van der Waals surface area contributed by atoms with Crippen LogP contribution in [-0.4, -0.2) is 23.9 Å². The number of likely N-dealkylation sites (N-methyl/N-ethyl adjacent to an activating group) is 1. The quantitative estimate of drug-likeness (QED) is 0.594. The summed E-state index contributed by atoms with van der Waals surface area (Å²) in [6, 6.07) is 1.19. The first-order valence-electron chi connectivity index (χ1n) is 4.71. The van der Waals surface area contributed by atoms with Gasteiger partial charge in [-0.1, -0.05) is 11.3 Å². The van der Waals surface area contributed by atoms with Gasteiger partial charge in [-0.05, 0) is 12.5 Å². The van der Waals surface area contributed by atoms with Crippen molar-refractivity contribution in [3.05, 3.63) is 27.1 Å². The molecule has 2 N–H and O–H groups in total. The fraction of sp³-hybridized carbons (Fsp3) is 0.444. The fourth-order valence-corrected chi connectivity index (χ4v) is 1.86. The molecule has 0 saturated carbocycles. The Morgan fingerprint density at radius 2 is 2.38 bits per heavy atom. The van der Waals surface area contributed by atoms with Gasteiger partial charge >= 0.3 is 5.00 Å². The molecule has 1 atom stereocenters. The van der Waals surface area contributed by atoms with E-state index in [0.29, 0.717) is 6.54 Å². The average molecular weight is 243 g/mol. The summed E-state index contributed by atoms with van der Waals surface area (Å²) in [4.78, 5) is 21.2. The van der Waals surface area contributed by atoms with E-state index in [2.05, 4.69) is 10.6 Å². The van der Waals surface area contributed by atoms with Crippen molar-refractivity contribution in [3.8, 4) is 0 Å². The summed E-state index contributed by atoms with van der Waals surface area (Å²) in [5.74, 6) is -0.107. The van der Waals surface area contributed by atoms with E-state index < -0.39 is 4.92 Å². The van der Waals surface area contributed by atoms with Crippen LogP contribution in [0.4, 0.5) is 5.00 Å². The monoisotopic (exact) mass is 243 g/mol. The zero-order valence-electron chi connectivity index (χ0n) is 9.02. The standard InChI is InChI=1S/C9H13N3O3S/c1-6(9(13)10-2)11-4-7-3-8(12(14)15)16-5-7/h3,5-6,11H,4H2,1-2H3,(H,10,13). The van der Waals surface area contributed by atoms with Gasteiger partial charge in [0.05, 0.1) is 11.0 Å². The van der Waals surface area contributed by atoms with Gasteiger partial charge in [0.2, 0.25) is 5.91 Å². The number of nitrogens with zero attached hydrogens (tertiary/aromatic N) is 1. The molecule has 0 aliphatic heterocycles. The zero-order valence-corrected chi connectivity index (χ0v) is 9.84. The van der Waals surface area contributed by atoms with Crippen LogP contribution in [-0.2, 0) is 11.3 Å². The number of hydrogen-bond donors (Lipinski definition) is 2. The number of hydrogen-bond acceptors (Lipinski definition) is 5. The van der Waals surface area contributed by atoms with E-state index in [9.17, 15) is 14.9 Å². The van der Waals surface area contributed by atoms with E-state index in [1.807, 2.05) is 0 Å². The molecule has 0 spiro atoms. The second kappa shape index (κ2) is 5.57. The molecule has 6 nitrogen and oxygen atoms in total. The molecule has 1 amide bonds. The summed E-state index contributed by atoms with van der Waals surface area (Å²) in [6.07, 6.45) is 0. The van der Waals surface area contributed by atoms with Crippen LogP contribution in [0.25, 0.3) is 0 Å². The second-order valence-corrected chi connectivity index (χ2v) is 4.16. The predicted molar refractivity (Wildman–Crippen MR) is 61.3 cm³/mol. The van der Waals surface area contributed by atoms with Crippen molar-refractivity contribution in [2.45, 2.75) is 19.5 Å². The summed E-state index contributed by atoms with van der Waals surface area (Å²) < 4.78 is 0. The molecule has 0 bridgehead atoms.